The molecule has 2 aliphatic rings. The Morgan fingerprint density at radius 1 is 1.38 bits per heavy atom. The van der Waals surface area contributed by atoms with E-state index < -0.39 is 15.4 Å². The lowest BCUT2D eigenvalue weighted by Crippen LogP contribution is -2.46. The van der Waals surface area contributed by atoms with Crippen molar-refractivity contribution in [2.24, 2.45) is 11.3 Å². The molecule has 1 aliphatic heterocycles. The number of aryl methyl sites for hydroxylation is 1. The fraction of sp³-hybridized carbons (Fsp3) is 0.722. The quantitative estimate of drug-likeness (QED) is 0.871. The van der Waals surface area contributed by atoms with Gasteiger partial charge in [0.1, 0.15) is 0 Å². The first kappa shape index (κ1) is 17.9. The van der Waals surface area contributed by atoms with Crippen molar-refractivity contribution in [3.05, 3.63) is 21.4 Å². The van der Waals surface area contributed by atoms with Crippen molar-refractivity contribution < 1.29 is 13.2 Å². The Morgan fingerprint density at radius 2 is 2.08 bits per heavy atom. The second-order valence-corrected chi connectivity index (χ2v) is 12.0. The number of fused-ring (bicyclic) bond motifs is 1. The van der Waals surface area contributed by atoms with Crippen LogP contribution >= 0.6 is 11.3 Å². The fourth-order valence-corrected chi connectivity index (χ4v) is 7.02. The molecule has 24 heavy (non-hydrogen) atoms. The summed E-state index contributed by atoms with van der Waals surface area (Å²) in [6.07, 6.45) is 3.75. The number of rotatable bonds is 2. The fourth-order valence-electron chi connectivity index (χ4n) is 3.82. The van der Waals surface area contributed by atoms with Crippen LogP contribution in [0.5, 0.6) is 0 Å². The Hall–Kier alpha value is -0.880. The van der Waals surface area contributed by atoms with Gasteiger partial charge >= 0.3 is 0 Å². The first-order chi connectivity index (χ1) is 11.0. The minimum absolute atomic E-state index is 0.0446. The molecule has 2 atom stereocenters. The van der Waals surface area contributed by atoms with Crippen molar-refractivity contribution in [1.82, 2.24) is 5.32 Å². The van der Waals surface area contributed by atoms with Crippen LogP contribution in [0.3, 0.4) is 0 Å². The Kier molecular flexibility index (Phi) is 4.36. The van der Waals surface area contributed by atoms with Crippen LogP contribution in [0.15, 0.2) is 6.07 Å². The zero-order valence-electron chi connectivity index (χ0n) is 14.9. The predicted octanol–water partition coefficient (Wildman–Crippen LogP) is 3.21. The highest BCUT2D eigenvalue weighted by molar-refractivity contribution is 7.91. The molecule has 0 radical (unpaired) electrons. The number of thiophene rings is 1. The van der Waals surface area contributed by atoms with Crippen molar-refractivity contribution in [2.45, 2.75) is 58.9 Å². The van der Waals surface area contributed by atoms with Gasteiger partial charge in [-0.2, -0.15) is 0 Å². The van der Waals surface area contributed by atoms with Gasteiger partial charge in [-0.05, 0) is 55.6 Å². The third kappa shape index (κ3) is 3.69. The summed E-state index contributed by atoms with van der Waals surface area (Å²) in [6.45, 7) is 8.68. The molecule has 0 bridgehead atoms. The smallest absolute Gasteiger partial charge is 0.261 e. The molecule has 3 rings (SSSR count). The summed E-state index contributed by atoms with van der Waals surface area (Å²) in [5.74, 6) is 0.732. The van der Waals surface area contributed by atoms with Crippen molar-refractivity contribution in [1.29, 1.82) is 0 Å². The molecule has 0 spiro atoms. The molecule has 6 heteroatoms. The lowest BCUT2D eigenvalue weighted by atomic mass is 9.72. The monoisotopic (exact) mass is 369 g/mol. The minimum atomic E-state index is -3.02. The van der Waals surface area contributed by atoms with Gasteiger partial charge in [-0.25, -0.2) is 8.42 Å². The van der Waals surface area contributed by atoms with E-state index in [0.717, 1.165) is 17.7 Å². The summed E-state index contributed by atoms with van der Waals surface area (Å²) < 4.78 is 23.4. The molecule has 1 N–H and O–H groups in total. The number of carbonyl (C=O) groups is 1. The van der Waals surface area contributed by atoms with Crippen LogP contribution in [0.25, 0.3) is 0 Å². The predicted molar refractivity (Wildman–Crippen MR) is 98.4 cm³/mol. The minimum Gasteiger partial charge on any atom is -0.345 e. The Morgan fingerprint density at radius 3 is 2.67 bits per heavy atom. The summed E-state index contributed by atoms with van der Waals surface area (Å²) in [6, 6.07) is 2.03. The maximum atomic E-state index is 12.6. The molecule has 4 nitrogen and oxygen atoms in total. The van der Waals surface area contributed by atoms with E-state index in [1.807, 2.05) is 13.0 Å². The molecule has 1 aliphatic carbocycles. The molecule has 0 aromatic carbocycles. The Labute approximate surface area is 149 Å². The lowest BCUT2D eigenvalue weighted by molar-refractivity contribution is 0.0919. The van der Waals surface area contributed by atoms with Crippen LogP contribution in [0.4, 0.5) is 0 Å². The average Bonchev–Trinajstić information content (AvgIpc) is 2.97. The third-order valence-electron chi connectivity index (χ3n) is 5.45. The summed E-state index contributed by atoms with van der Waals surface area (Å²) in [5.41, 5.74) is 0.961. The van der Waals surface area contributed by atoms with Crippen LogP contribution in [0, 0.1) is 11.3 Å². The molecule has 134 valence electrons. The standard InChI is InChI=1S/C18H27NO3S2/c1-17(2,3)13-5-6-14-12(9-13)10-15(23-14)16(20)19-18(4)7-8-24(21,22)11-18/h10,13H,5-9,11H2,1-4H3,(H,19,20)/t13-,18+/m1/s1. The van der Waals surface area contributed by atoms with E-state index in [-0.39, 0.29) is 22.8 Å². The Bertz CT molecular complexity index is 758. The maximum Gasteiger partial charge on any atom is 0.261 e. The van der Waals surface area contributed by atoms with Gasteiger partial charge in [0.15, 0.2) is 9.84 Å². The summed E-state index contributed by atoms with van der Waals surface area (Å²) >= 11 is 1.58. The van der Waals surface area contributed by atoms with E-state index in [1.165, 1.54) is 16.9 Å². The second-order valence-electron chi connectivity index (χ2n) is 8.72. The number of hydrogen-bond donors (Lipinski definition) is 1. The number of sulfone groups is 1. The van der Waals surface area contributed by atoms with Crippen LogP contribution in [-0.2, 0) is 22.7 Å². The van der Waals surface area contributed by atoms with Crippen molar-refractivity contribution in [3.63, 3.8) is 0 Å². The number of carbonyl (C=O) groups excluding carboxylic acids is 1. The van der Waals surface area contributed by atoms with Crippen LogP contribution in [-0.4, -0.2) is 31.4 Å². The van der Waals surface area contributed by atoms with Crippen LogP contribution in [0.1, 0.15) is 60.6 Å². The molecule has 1 fully saturated rings. The SMILES string of the molecule is CC(C)(C)[C@@H]1CCc2sc(C(=O)N[C@@]3(C)CCS(=O)(=O)C3)cc2C1. The molecular formula is C18H27NO3S2. The zero-order valence-corrected chi connectivity index (χ0v) is 16.6. The van der Waals surface area contributed by atoms with Gasteiger partial charge in [0.25, 0.3) is 5.91 Å². The molecule has 0 unspecified atom stereocenters. The van der Waals surface area contributed by atoms with Crippen LogP contribution < -0.4 is 5.32 Å². The van der Waals surface area contributed by atoms with E-state index in [1.54, 1.807) is 11.3 Å². The molecule has 0 saturated carbocycles. The highest BCUT2D eigenvalue weighted by atomic mass is 32.2. The second kappa shape index (κ2) is 5.84. The lowest BCUT2D eigenvalue weighted by Gasteiger charge is -2.33. The third-order valence-corrected chi connectivity index (χ3v) is 8.59. The summed E-state index contributed by atoms with van der Waals surface area (Å²) in [7, 11) is -3.02. The molecule has 1 aromatic heterocycles. The van der Waals surface area contributed by atoms with E-state index in [9.17, 15) is 13.2 Å². The molecule has 1 saturated heterocycles. The van der Waals surface area contributed by atoms with E-state index in [4.69, 9.17) is 0 Å². The largest absolute Gasteiger partial charge is 0.345 e. The first-order valence-electron chi connectivity index (χ1n) is 8.62. The van der Waals surface area contributed by atoms with Gasteiger partial charge in [-0.1, -0.05) is 20.8 Å². The number of amides is 1. The van der Waals surface area contributed by atoms with Gasteiger partial charge < -0.3 is 5.32 Å². The van der Waals surface area contributed by atoms with Crippen LogP contribution in [0.2, 0.25) is 0 Å². The molecule has 1 amide bonds. The van der Waals surface area contributed by atoms with Crippen molar-refractivity contribution >= 4 is 27.1 Å². The zero-order chi connectivity index (χ0) is 17.8. The van der Waals surface area contributed by atoms with Crippen molar-refractivity contribution in [3.8, 4) is 0 Å². The van der Waals surface area contributed by atoms with E-state index in [2.05, 4.69) is 26.1 Å². The first-order valence-corrected chi connectivity index (χ1v) is 11.3. The highest BCUT2D eigenvalue weighted by Gasteiger charge is 2.40. The highest BCUT2D eigenvalue weighted by Crippen LogP contribution is 2.40. The van der Waals surface area contributed by atoms with E-state index in [0.29, 0.717) is 12.3 Å². The molecule has 1 aromatic rings. The summed E-state index contributed by atoms with van der Waals surface area (Å²) in [4.78, 5) is 14.7. The summed E-state index contributed by atoms with van der Waals surface area (Å²) in [5, 5.41) is 2.97. The maximum absolute atomic E-state index is 12.6. The number of nitrogens with one attached hydrogen (secondary N) is 1. The normalized spacial score (nSPS) is 29.2. The van der Waals surface area contributed by atoms with Gasteiger partial charge in [0, 0.05) is 4.88 Å². The topological polar surface area (TPSA) is 63.2 Å². The average molecular weight is 370 g/mol. The number of hydrogen-bond acceptors (Lipinski definition) is 4. The van der Waals surface area contributed by atoms with Gasteiger partial charge in [-0.15, -0.1) is 11.3 Å². The molecule has 2 heterocycles. The van der Waals surface area contributed by atoms with Gasteiger partial charge in [0.2, 0.25) is 0 Å². The Balaban J connectivity index is 1.73. The van der Waals surface area contributed by atoms with E-state index >= 15 is 0 Å². The van der Waals surface area contributed by atoms with Crippen molar-refractivity contribution in [2.75, 3.05) is 11.5 Å². The van der Waals surface area contributed by atoms with Gasteiger partial charge in [0.05, 0.1) is 21.9 Å². The molecular weight excluding hydrogens is 342 g/mol. The van der Waals surface area contributed by atoms with Gasteiger partial charge in [-0.3, -0.25) is 4.79 Å².